The molecule has 0 heterocycles. The lowest BCUT2D eigenvalue weighted by atomic mass is 10.2. The average Bonchev–Trinajstić information content (AvgIpc) is 1.87. The van der Waals surface area contributed by atoms with Crippen molar-refractivity contribution in [3.8, 4) is 0 Å². The van der Waals surface area contributed by atoms with Crippen LogP contribution in [0.2, 0.25) is 0 Å². The second-order valence-electron chi connectivity index (χ2n) is 1.61. The first-order valence-electron chi connectivity index (χ1n) is 2.40. The molecule has 0 fully saturated rings. The minimum Gasteiger partial charge on any atom is -0.480 e. The van der Waals surface area contributed by atoms with Gasteiger partial charge in [0.05, 0.1) is 6.42 Å². The molecule has 6 nitrogen and oxygen atoms in total. The number of hydrogen-bond donors (Lipinski definition) is 3. The fourth-order valence-corrected chi connectivity index (χ4v) is 0.304. The zero-order valence-corrected chi connectivity index (χ0v) is 4.98. The summed E-state index contributed by atoms with van der Waals surface area (Å²) in [5.41, 5.74) is 4.88. The van der Waals surface area contributed by atoms with Crippen LogP contribution in [-0.2, 0) is 14.5 Å². The predicted molar refractivity (Wildman–Crippen MR) is 28.9 cm³/mol. The van der Waals surface area contributed by atoms with Gasteiger partial charge in [-0.2, -0.15) is 5.26 Å². The van der Waals surface area contributed by atoms with Crippen molar-refractivity contribution in [3.63, 3.8) is 0 Å². The number of nitrogens with two attached hydrogens (primary N) is 1. The Hall–Kier alpha value is -1.14. The molecule has 1 atom stereocenters. The number of carbonyl (C=O) groups is 2. The summed E-state index contributed by atoms with van der Waals surface area (Å²) >= 11 is 0. The van der Waals surface area contributed by atoms with Crippen LogP contribution in [0.3, 0.4) is 0 Å². The highest BCUT2D eigenvalue weighted by Crippen LogP contribution is 1.89. The summed E-state index contributed by atoms with van der Waals surface area (Å²) in [5.74, 6) is -2.37. The Morgan fingerprint density at radius 3 is 2.40 bits per heavy atom. The van der Waals surface area contributed by atoms with Crippen molar-refractivity contribution in [2.45, 2.75) is 12.5 Å². The Labute approximate surface area is 56.1 Å². The standard InChI is InChI=1S/C4H7NO5/c5-2(4(7)8)1-3(6)10-9/h2,9H,1,5H2,(H,7,8)/t2-/m0/s1. The van der Waals surface area contributed by atoms with E-state index in [1.165, 1.54) is 0 Å². The molecule has 0 amide bonds. The lowest BCUT2D eigenvalue weighted by Gasteiger charge is -2.00. The largest absolute Gasteiger partial charge is 0.480 e. The Balaban J connectivity index is 3.68. The maximum absolute atomic E-state index is 10.1. The van der Waals surface area contributed by atoms with Crippen molar-refractivity contribution >= 4 is 11.9 Å². The van der Waals surface area contributed by atoms with Crippen molar-refractivity contribution in [2.24, 2.45) is 5.73 Å². The van der Waals surface area contributed by atoms with Crippen molar-refractivity contribution in [1.82, 2.24) is 0 Å². The van der Waals surface area contributed by atoms with Gasteiger partial charge >= 0.3 is 11.9 Å². The molecule has 0 aromatic rings. The van der Waals surface area contributed by atoms with Crippen molar-refractivity contribution < 1.29 is 24.8 Å². The van der Waals surface area contributed by atoms with Gasteiger partial charge in [0, 0.05) is 0 Å². The van der Waals surface area contributed by atoms with Gasteiger partial charge in [-0.1, -0.05) is 0 Å². The first-order chi connectivity index (χ1) is 4.57. The molecule has 0 unspecified atom stereocenters. The van der Waals surface area contributed by atoms with E-state index in [0.29, 0.717) is 0 Å². The van der Waals surface area contributed by atoms with Gasteiger partial charge in [-0.15, -0.1) is 0 Å². The van der Waals surface area contributed by atoms with E-state index < -0.39 is 24.4 Å². The Morgan fingerprint density at radius 2 is 2.10 bits per heavy atom. The Bertz CT molecular complexity index is 145. The molecule has 10 heavy (non-hydrogen) atoms. The van der Waals surface area contributed by atoms with E-state index in [4.69, 9.17) is 16.1 Å². The van der Waals surface area contributed by atoms with Crippen LogP contribution in [0, 0.1) is 0 Å². The normalized spacial score (nSPS) is 12.2. The fourth-order valence-electron chi connectivity index (χ4n) is 0.304. The third-order valence-corrected chi connectivity index (χ3v) is 0.806. The third-order valence-electron chi connectivity index (χ3n) is 0.806. The van der Waals surface area contributed by atoms with Gasteiger partial charge in [-0.3, -0.25) is 4.79 Å². The van der Waals surface area contributed by atoms with E-state index in [9.17, 15) is 9.59 Å². The molecule has 0 saturated carbocycles. The highest BCUT2D eigenvalue weighted by Gasteiger charge is 2.16. The first kappa shape index (κ1) is 8.86. The summed E-state index contributed by atoms with van der Waals surface area (Å²) < 4.78 is 0. The predicted octanol–water partition coefficient (Wildman–Crippen LogP) is -1.20. The number of carbonyl (C=O) groups excluding carboxylic acids is 1. The zero-order chi connectivity index (χ0) is 8.15. The van der Waals surface area contributed by atoms with E-state index in [-0.39, 0.29) is 0 Å². The highest BCUT2D eigenvalue weighted by molar-refractivity contribution is 5.80. The lowest BCUT2D eigenvalue weighted by molar-refractivity contribution is -0.234. The van der Waals surface area contributed by atoms with Gasteiger partial charge in [0.1, 0.15) is 6.04 Å². The monoisotopic (exact) mass is 149 g/mol. The molecule has 0 radical (unpaired) electrons. The van der Waals surface area contributed by atoms with Crippen LogP contribution in [0.25, 0.3) is 0 Å². The minimum absolute atomic E-state index is 0.536. The quantitative estimate of drug-likeness (QED) is 0.343. The van der Waals surface area contributed by atoms with Crippen molar-refractivity contribution in [1.29, 1.82) is 0 Å². The van der Waals surface area contributed by atoms with E-state index in [1.54, 1.807) is 0 Å². The van der Waals surface area contributed by atoms with Crippen molar-refractivity contribution in [2.75, 3.05) is 0 Å². The molecule has 6 heteroatoms. The number of rotatable bonds is 3. The number of carboxylic acids is 1. The summed E-state index contributed by atoms with van der Waals surface area (Å²) in [4.78, 5) is 23.2. The van der Waals surface area contributed by atoms with Crippen LogP contribution in [0.1, 0.15) is 6.42 Å². The topological polar surface area (TPSA) is 110 Å². The van der Waals surface area contributed by atoms with E-state index in [1.807, 2.05) is 0 Å². The highest BCUT2D eigenvalue weighted by atomic mass is 17.1. The summed E-state index contributed by atoms with van der Waals surface area (Å²) in [5, 5.41) is 15.8. The van der Waals surface area contributed by atoms with Gasteiger partial charge < -0.3 is 15.7 Å². The van der Waals surface area contributed by atoms with Crippen LogP contribution in [-0.4, -0.2) is 28.3 Å². The molecule has 0 spiro atoms. The van der Waals surface area contributed by atoms with Gasteiger partial charge in [0.2, 0.25) is 0 Å². The molecule has 0 aliphatic carbocycles. The summed E-state index contributed by atoms with van der Waals surface area (Å²) in [6.07, 6.45) is -0.536. The SMILES string of the molecule is N[C@@H](CC(=O)OO)C(=O)O. The second-order valence-corrected chi connectivity index (χ2v) is 1.61. The number of aliphatic carboxylic acids is 1. The second kappa shape index (κ2) is 3.80. The fraction of sp³-hybridized carbons (Fsp3) is 0.500. The average molecular weight is 149 g/mol. The first-order valence-corrected chi connectivity index (χ1v) is 2.40. The smallest absolute Gasteiger partial charge is 0.344 e. The maximum atomic E-state index is 10.1. The molecule has 0 aromatic heterocycles. The molecular formula is C4H7NO5. The maximum Gasteiger partial charge on any atom is 0.344 e. The molecule has 0 aliphatic rings. The molecule has 0 bridgehead atoms. The Kier molecular flexibility index (Phi) is 3.37. The van der Waals surface area contributed by atoms with Gasteiger partial charge in [0.25, 0.3) is 0 Å². The molecule has 4 N–H and O–H groups in total. The summed E-state index contributed by atoms with van der Waals surface area (Å²) in [7, 11) is 0. The van der Waals surface area contributed by atoms with E-state index in [0.717, 1.165) is 0 Å². The van der Waals surface area contributed by atoms with Crippen LogP contribution < -0.4 is 5.73 Å². The molecule has 0 saturated heterocycles. The van der Waals surface area contributed by atoms with Crippen LogP contribution >= 0.6 is 0 Å². The zero-order valence-electron chi connectivity index (χ0n) is 4.98. The summed E-state index contributed by atoms with van der Waals surface area (Å²) in [6, 6.07) is -1.32. The van der Waals surface area contributed by atoms with Crippen LogP contribution in [0.4, 0.5) is 0 Å². The Morgan fingerprint density at radius 1 is 1.60 bits per heavy atom. The van der Waals surface area contributed by atoms with E-state index >= 15 is 0 Å². The summed E-state index contributed by atoms with van der Waals surface area (Å²) in [6.45, 7) is 0. The van der Waals surface area contributed by atoms with E-state index in [2.05, 4.69) is 4.89 Å². The number of carboxylic acid groups (broad SMARTS) is 1. The molecule has 0 rings (SSSR count). The van der Waals surface area contributed by atoms with Gasteiger partial charge in [-0.25, -0.2) is 4.79 Å². The molecule has 0 aliphatic heterocycles. The molecule has 0 aromatic carbocycles. The van der Waals surface area contributed by atoms with Gasteiger partial charge in [0.15, 0.2) is 0 Å². The number of hydrogen-bond acceptors (Lipinski definition) is 5. The van der Waals surface area contributed by atoms with Crippen LogP contribution in [0.5, 0.6) is 0 Å². The van der Waals surface area contributed by atoms with Crippen LogP contribution in [0.15, 0.2) is 0 Å². The molecular weight excluding hydrogens is 142 g/mol. The van der Waals surface area contributed by atoms with Gasteiger partial charge in [-0.05, 0) is 0 Å². The lowest BCUT2D eigenvalue weighted by Crippen LogP contribution is -2.32. The minimum atomic E-state index is -1.32. The third kappa shape index (κ3) is 3.00. The van der Waals surface area contributed by atoms with Crippen molar-refractivity contribution in [3.05, 3.63) is 0 Å². The molecule has 58 valence electrons.